The van der Waals surface area contributed by atoms with Crippen molar-refractivity contribution < 1.29 is 14.3 Å². The molecule has 1 amide bonds. The predicted molar refractivity (Wildman–Crippen MR) is 110 cm³/mol. The summed E-state index contributed by atoms with van der Waals surface area (Å²) in [6.07, 6.45) is 7.59. The van der Waals surface area contributed by atoms with Crippen molar-refractivity contribution in [3.63, 3.8) is 0 Å². The smallest absolute Gasteiger partial charge is 0.341 e. The maximum Gasteiger partial charge on any atom is 0.341 e. The molecule has 0 bridgehead atoms. The SMILES string of the molecule is CCOC(=O)c1c(NC(=O)CCc2ccccc2)sc2c1CCCCCC2. The van der Waals surface area contributed by atoms with Gasteiger partial charge in [0.05, 0.1) is 12.2 Å². The molecule has 2 aromatic rings. The number of benzene rings is 1. The Morgan fingerprint density at radius 3 is 2.56 bits per heavy atom. The average molecular weight is 386 g/mol. The molecule has 1 aromatic carbocycles. The number of ether oxygens (including phenoxy) is 1. The molecule has 1 aliphatic carbocycles. The first-order valence-electron chi connectivity index (χ1n) is 9.84. The van der Waals surface area contributed by atoms with Crippen LogP contribution >= 0.6 is 11.3 Å². The number of amides is 1. The molecular formula is C22H27NO3S. The van der Waals surface area contributed by atoms with Crippen molar-refractivity contribution in [1.82, 2.24) is 0 Å². The summed E-state index contributed by atoms with van der Waals surface area (Å²) in [4.78, 5) is 26.3. The zero-order valence-electron chi connectivity index (χ0n) is 15.9. The normalized spacial score (nSPS) is 14.0. The largest absolute Gasteiger partial charge is 0.462 e. The summed E-state index contributed by atoms with van der Waals surface area (Å²) in [5.41, 5.74) is 2.82. The van der Waals surface area contributed by atoms with E-state index < -0.39 is 0 Å². The van der Waals surface area contributed by atoms with Gasteiger partial charge in [0.2, 0.25) is 5.91 Å². The van der Waals surface area contributed by atoms with Crippen LogP contribution in [0, 0.1) is 0 Å². The molecule has 0 atom stereocenters. The summed E-state index contributed by atoms with van der Waals surface area (Å²) in [5, 5.41) is 3.66. The molecule has 0 unspecified atom stereocenters. The van der Waals surface area contributed by atoms with E-state index in [1.807, 2.05) is 37.3 Å². The van der Waals surface area contributed by atoms with Gasteiger partial charge in [-0.1, -0.05) is 43.2 Å². The third-order valence-electron chi connectivity index (χ3n) is 4.89. The Kier molecular flexibility index (Phi) is 7.04. The number of carbonyl (C=O) groups excluding carboxylic acids is 2. The standard InChI is InChI=1S/C22H27NO3S/c1-2-26-22(25)20-17-12-8-3-4-9-13-18(17)27-21(20)23-19(24)15-14-16-10-6-5-7-11-16/h5-7,10-11H,2-4,8-9,12-15H2,1H3,(H,23,24). The summed E-state index contributed by atoms with van der Waals surface area (Å²) in [7, 11) is 0. The maximum absolute atomic E-state index is 12.6. The topological polar surface area (TPSA) is 55.4 Å². The van der Waals surface area contributed by atoms with Gasteiger partial charge in [-0.2, -0.15) is 0 Å². The van der Waals surface area contributed by atoms with Crippen LogP contribution in [0.1, 0.15) is 65.4 Å². The van der Waals surface area contributed by atoms with E-state index in [0.717, 1.165) is 36.8 Å². The lowest BCUT2D eigenvalue weighted by atomic mass is 9.96. The highest BCUT2D eigenvalue weighted by molar-refractivity contribution is 7.17. The molecule has 0 saturated carbocycles. The Morgan fingerprint density at radius 1 is 1.07 bits per heavy atom. The van der Waals surface area contributed by atoms with E-state index in [1.165, 1.54) is 17.7 Å². The molecule has 1 heterocycles. The van der Waals surface area contributed by atoms with Crippen LogP contribution in [0.25, 0.3) is 0 Å². The van der Waals surface area contributed by atoms with E-state index >= 15 is 0 Å². The van der Waals surface area contributed by atoms with Gasteiger partial charge in [-0.15, -0.1) is 11.3 Å². The summed E-state index contributed by atoms with van der Waals surface area (Å²) < 4.78 is 5.29. The monoisotopic (exact) mass is 385 g/mol. The first-order valence-corrected chi connectivity index (χ1v) is 10.7. The number of hydrogen-bond acceptors (Lipinski definition) is 4. The van der Waals surface area contributed by atoms with Crippen LogP contribution in [0.4, 0.5) is 5.00 Å². The van der Waals surface area contributed by atoms with Crippen LogP contribution in [-0.4, -0.2) is 18.5 Å². The van der Waals surface area contributed by atoms with E-state index in [9.17, 15) is 9.59 Å². The molecule has 3 rings (SSSR count). The van der Waals surface area contributed by atoms with E-state index in [2.05, 4.69) is 5.32 Å². The van der Waals surface area contributed by atoms with Crippen molar-refractivity contribution in [3.05, 3.63) is 51.9 Å². The molecule has 4 nitrogen and oxygen atoms in total. The third kappa shape index (κ3) is 5.19. The molecule has 27 heavy (non-hydrogen) atoms. The van der Waals surface area contributed by atoms with Crippen molar-refractivity contribution in [2.24, 2.45) is 0 Å². The van der Waals surface area contributed by atoms with E-state index in [4.69, 9.17) is 4.74 Å². The average Bonchev–Trinajstić information content (AvgIpc) is 2.97. The number of carbonyl (C=O) groups is 2. The lowest BCUT2D eigenvalue weighted by Crippen LogP contribution is -2.15. The molecule has 5 heteroatoms. The summed E-state index contributed by atoms with van der Waals surface area (Å²) in [5.74, 6) is -0.368. The Hall–Kier alpha value is -2.14. The van der Waals surface area contributed by atoms with Crippen molar-refractivity contribution in [2.75, 3.05) is 11.9 Å². The van der Waals surface area contributed by atoms with Crippen molar-refractivity contribution in [2.45, 2.75) is 58.3 Å². The lowest BCUT2D eigenvalue weighted by Gasteiger charge is -2.11. The number of rotatable bonds is 6. The Balaban J connectivity index is 1.77. The van der Waals surface area contributed by atoms with Crippen LogP contribution in [-0.2, 0) is 28.8 Å². The molecule has 0 aliphatic heterocycles. The number of fused-ring (bicyclic) bond motifs is 1. The number of esters is 1. The highest BCUT2D eigenvalue weighted by atomic mass is 32.1. The van der Waals surface area contributed by atoms with Crippen LogP contribution < -0.4 is 5.32 Å². The molecule has 0 fully saturated rings. The molecule has 144 valence electrons. The zero-order chi connectivity index (χ0) is 19.1. The minimum absolute atomic E-state index is 0.0568. The van der Waals surface area contributed by atoms with Gasteiger partial charge in [0.15, 0.2) is 0 Å². The second-order valence-corrected chi connectivity index (χ2v) is 7.98. The molecule has 1 aromatic heterocycles. The van der Waals surface area contributed by atoms with Crippen LogP contribution in [0.15, 0.2) is 30.3 Å². The van der Waals surface area contributed by atoms with Crippen LogP contribution in [0.2, 0.25) is 0 Å². The second-order valence-electron chi connectivity index (χ2n) is 6.88. The van der Waals surface area contributed by atoms with Crippen LogP contribution in [0.3, 0.4) is 0 Å². The fraction of sp³-hybridized carbons (Fsp3) is 0.455. The third-order valence-corrected chi connectivity index (χ3v) is 6.09. The minimum Gasteiger partial charge on any atom is -0.462 e. The van der Waals surface area contributed by atoms with Gasteiger partial charge in [-0.05, 0) is 50.2 Å². The highest BCUT2D eigenvalue weighted by Gasteiger charge is 2.26. The Labute approximate surface area is 164 Å². The van der Waals surface area contributed by atoms with Crippen molar-refractivity contribution in [1.29, 1.82) is 0 Å². The van der Waals surface area contributed by atoms with Gasteiger partial charge in [-0.3, -0.25) is 4.79 Å². The molecule has 1 aliphatic rings. The van der Waals surface area contributed by atoms with Gasteiger partial charge in [-0.25, -0.2) is 4.79 Å². The van der Waals surface area contributed by atoms with Gasteiger partial charge >= 0.3 is 5.97 Å². The van der Waals surface area contributed by atoms with Gasteiger partial charge < -0.3 is 10.1 Å². The zero-order valence-corrected chi connectivity index (χ0v) is 16.7. The fourth-order valence-electron chi connectivity index (χ4n) is 3.52. The Morgan fingerprint density at radius 2 is 1.81 bits per heavy atom. The molecule has 0 saturated heterocycles. The molecular weight excluding hydrogens is 358 g/mol. The maximum atomic E-state index is 12.6. The van der Waals surface area contributed by atoms with Crippen molar-refractivity contribution >= 4 is 28.2 Å². The Bertz CT molecular complexity index is 782. The summed E-state index contributed by atoms with van der Waals surface area (Å²) >= 11 is 1.56. The summed E-state index contributed by atoms with van der Waals surface area (Å²) in [6, 6.07) is 9.97. The number of anilines is 1. The van der Waals surface area contributed by atoms with E-state index in [0.29, 0.717) is 30.0 Å². The number of aryl methyl sites for hydroxylation is 2. The van der Waals surface area contributed by atoms with Gasteiger partial charge in [0.1, 0.15) is 5.00 Å². The molecule has 0 radical (unpaired) electrons. The van der Waals surface area contributed by atoms with Gasteiger partial charge in [0, 0.05) is 11.3 Å². The number of hydrogen-bond donors (Lipinski definition) is 1. The quantitative estimate of drug-likeness (QED) is 0.699. The molecule has 0 spiro atoms. The first kappa shape index (κ1) is 19.6. The van der Waals surface area contributed by atoms with E-state index in [-0.39, 0.29) is 11.9 Å². The predicted octanol–water partition coefficient (Wildman–Crippen LogP) is 5.16. The van der Waals surface area contributed by atoms with E-state index in [1.54, 1.807) is 11.3 Å². The number of thiophene rings is 1. The van der Waals surface area contributed by atoms with Gasteiger partial charge in [0.25, 0.3) is 0 Å². The summed E-state index contributed by atoms with van der Waals surface area (Å²) in [6.45, 7) is 2.15. The molecule has 1 N–H and O–H groups in total. The van der Waals surface area contributed by atoms with Crippen molar-refractivity contribution in [3.8, 4) is 0 Å². The number of nitrogens with one attached hydrogen (secondary N) is 1. The highest BCUT2D eigenvalue weighted by Crippen LogP contribution is 2.37. The second kappa shape index (κ2) is 9.70. The minimum atomic E-state index is -0.311. The fourth-order valence-corrected chi connectivity index (χ4v) is 4.81. The first-order chi connectivity index (χ1) is 13.2. The lowest BCUT2D eigenvalue weighted by molar-refractivity contribution is -0.116. The van der Waals surface area contributed by atoms with Crippen LogP contribution in [0.5, 0.6) is 0 Å².